The number of benzene rings is 2. The minimum absolute atomic E-state index is 0.145. The molecule has 0 atom stereocenters. The molecule has 4 N–H and O–H groups in total. The van der Waals surface area contributed by atoms with Gasteiger partial charge in [0.1, 0.15) is 18.5 Å². The highest BCUT2D eigenvalue weighted by atomic mass is 32.2. The number of carbonyl (C=O) groups excluding carboxylic acids is 2. The fraction of sp³-hybridized carbons (Fsp3) is 0.0769. The number of aromatic nitrogens is 3. The van der Waals surface area contributed by atoms with Gasteiger partial charge in [0.2, 0.25) is 5.88 Å². The average molecular weight is 573 g/mol. The lowest BCUT2D eigenvalue weighted by Crippen LogP contribution is -2.21. The number of aliphatic imine (C=N–C) groups is 1. The molecule has 0 unspecified atom stereocenters. The van der Waals surface area contributed by atoms with Crippen LogP contribution in [0.3, 0.4) is 0 Å². The van der Waals surface area contributed by atoms with E-state index < -0.39 is 0 Å². The highest BCUT2D eigenvalue weighted by Crippen LogP contribution is 2.28. The molecule has 0 radical (unpaired) electrons. The molecule has 6 rings (SSSR count). The molecule has 12 nitrogen and oxygen atoms in total. The van der Waals surface area contributed by atoms with E-state index in [-0.39, 0.29) is 27.7 Å². The van der Waals surface area contributed by atoms with Gasteiger partial charge in [0.25, 0.3) is 11.1 Å². The number of rotatable bonds is 3. The van der Waals surface area contributed by atoms with Crippen molar-refractivity contribution in [2.75, 3.05) is 19.0 Å². The smallest absolute Gasteiger partial charge is 0.307 e. The fourth-order valence-electron chi connectivity index (χ4n) is 3.82. The number of anilines is 1. The third-order valence-corrected chi connectivity index (χ3v) is 7.24. The Hall–Kier alpha value is -4.95. The van der Waals surface area contributed by atoms with Gasteiger partial charge in [-0.2, -0.15) is 0 Å². The number of nitrogens with zero attached hydrogens (tertiary/aromatic N) is 5. The molecule has 1 fully saturated rings. The Bertz CT molecular complexity index is 1940. The summed E-state index contributed by atoms with van der Waals surface area (Å²) in [6.45, 7) is 0. The monoisotopic (exact) mass is 572 g/mol. The maximum atomic E-state index is 11.6. The number of fused-ring (bicyclic) bond motifs is 2. The zero-order chi connectivity index (χ0) is 28.4. The van der Waals surface area contributed by atoms with Gasteiger partial charge in [-0.05, 0) is 59.0 Å². The summed E-state index contributed by atoms with van der Waals surface area (Å²) in [5.41, 5.74) is 2.28. The first-order valence-electron chi connectivity index (χ1n) is 11.6. The minimum Gasteiger partial charge on any atom is -0.493 e. The van der Waals surface area contributed by atoms with Crippen molar-refractivity contribution in [3.8, 4) is 5.88 Å². The molecule has 14 heteroatoms. The Kier molecular flexibility index (Phi) is 7.35. The number of imide groups is 1. The molecule has 0 bridgehead atoms. The highest BCUT2D eigenvalue weighted by Gasteiger charge is 2.25. The molecule has 4 heterocycles. The van der Waals surface area contributed by atoms with Crippen molar-refractivity contribution in [2.24, 2.45) is 9.98 Å². The van der Waals surface area contributed by atoms with Crippen LogP contribution in [-0.2, 0) is 4.79 Å². The standard InChI is InChI=1S/C14H12N4O2S.C12H8N4O2S/c1-18(2)12-9-5-8(3-4-10(9)15-7-16-12)6-11-13(19)17-14(20)21-11;13-10-7-3-6(1-2-8(7)14-5-15-10)4-9-11(17)16-12(18)19-9/h3-7H,1-2H3,(H,17,19,20);1-5,13,17H,(H,16,18). The summed E-state index contributed by atoms with van der Waals surface area (Å²) in [7, 11) is 3.82. The lowest BCUT2D eigenvalue weighted by Gasteiger charge is -2.13. The molecule has 1 saturated heterocycles. The van der Waals surface area contributed by atoms with Crippen molar-refractivity contribution in [1.82, 2.24) is 20.3 Å². The molecule has 2 aliphatic rings. The van der Waals surface area contributed by atoms with Crippen LogP contribution in [0.25, 0.3) is 23.1 Å². The van der Waals surface area contributed by atoms with E-state index in [4.69, 9.17) is 5.41 Å². The molecule has 2 aromatic heterocycles. The van der Waals surface area contributed by atoms with Crippen molar-refractivity contribution < 1.29 is 14.7 Å². The highest BCUT2D eigenvalue weighted by molar-refractivity contribution is 8.18. The first-order valence-corrected chi connectivity index (χ1v) is 13.2. The zero-order valence-corrected chi connectivity index (χ0v) is 22.6. The van der Waals surface area contributed by atoms with E-state index in [9.17, 15) is 19.5 Å². The molecule has 2 aliphatic heterocycles. The van der Waals surface area contributed by atoms with Crippen molar-refractivity contribution >= 4 is 75.3 Å². The molecule has 0 aliphatic carbocycles. The topological polar surface area (TPSA) is 177 Å². The normalized spacial score (nSPS) is 15.5. The quantitative estimate of drug-likeness (QED) is 0.269. The minimum atomic E-state index is -0.359. The Morgan fingerprint density at radius 3 is 2.58 bits per heavy atom. The summed E-state index contributed by atoms with van der Waals surface area (Å²) in [4.78, 5) is 55.0. The summed E-state index contributed by atoms with van der Waals surface area (Å²) in [5, 5.41) is 21.5. The summed E-state index contributed by atoms with van der Waals surface area (Å²) in [6.07, 6.45) is 6.23. The van der Waals surface area contributed by atoms with Crippen LogP contribution in [0.1, 0.15) is 16.0 Å². The predicted octanol–water partition coefficient (Wildman–Crippen LogP) is 1.98. The van der Waals surface area contributed by atoms with Crippen molar-refractivity contribution in [3.05, 3.63) is 83.9 Å². The number of hydrogen-bond donors (Lipinski definition) is 4. The van der Waals surface area contributed by atoms with Crippen LogP contribution in [0, 0.1) is 5.41 Å². The number of nitrogens with one attached hydrogen (secondary N) is 3. The molecule has 200 valence electrons. The molecule has 40 heavy (non-hydrogen) atoms. The van der Waals surface area contributed by atoms with Gasteiger partial charge in [-0.3, -0.25) is 30.1 Å². The first-order chi connectivity index (χ1) is 19.2. The van der Waals surface area contributed by atoms with Crippen LogP contribution in [0.5, 0.6) is 5.88 Å². The van der Waals surface area contributed by atoms with E-state index in [0.29, 0.717) is 20.7 Å². The lowest BCUT2D eigenvalue weighted by molar-refractivity contribution is -0.115. The Labute approximate surface area is 234 Å². The van der Waals surface area contributed by atoms with E-state index in [1.807, 2.05) is 37.2 Å². The number of aromatic hydroxyl groups is 1. The van der Waals surface area contributed by atoms with E-state index in [1.54, 1.807) is 30.4 Å². The number of amides is 2. The maximum absolute atomic E-state index is 11.6. The third kappa shape index (κ3) is 5.72. The molecule has 4 aromatic rings. The number of H-pyrrole nitrogens is 1. The number of aromatic amines is 1. The fourth-order valence-corrected chi connectivity index (χ4v) is 5.20. The predicted molar refractivity (Wildman–Crippen MR) is 156 cm³/mol. The van der Waals surface area contributed by atoms with Gasteiger partial charge in [0.15, 0.2) is 5.84 Å². The second kappa shape index (κ2) is 11.0. The van der Waals surface area contributed by atoms with Gasteiger partial charge in [-0.15, -0.1) is 0 Å². The molecule has 0 spiro atoms. The second-order valence-electron chi connectivity index (χ2n) is 8.59. The maximum Gasteiger partial charge on any atom is 0.307 e. The Balaban J connectivity index is 0.000000162. The summed E-state index contributed by atoms with van der Waals surface area (Å²) in [5.74, 6) is 0.444. The number of carbonyl (C=O) groups is 2. The Morgan fingerprint density at radius 1 is 1.05 bits per heavy atom. The number of hydrogen-bond acceptors (Lipinski definition) is 11. The lowest BCUT2D eigenvalue weighted by atomic mass is 10.1. The van der Waals surface area contributed by atoms with Crippen LogP contribution in [-0.4, -0.2) is 57.5 Å². The second-order valence-corrected chi connectivity index (χ2v) is 10.6. The van der Waals surface area contributed by atoms with E-state index in [2.05, 4.69) is 30.3 Å². The zero-order valence-electron chi connectivity index (χ0n) is 21.0. The van der Waals surface area contributed by atoms with Crippen LogP contribution in [0.2, 0.25) is 0 Å². The van der Waals surface area contributed by atoms with Crippen LogP contribution in [0.15, 0.2) is 62.4 Å². The average Bonchev–Trinajstić information content (AvgIpc) is 3.41. The van der Waals surface area contributed by atoms with E-state index >= 15 is 0 Å². The molecular weight excluding hydrogens is 552 g/mol. The van der Waals surface area contributed by atoms with Crippen LogP contribution in [0.4, 0.5) is 10.6 Å². The number of amidine groups is 1. The number of thiazole rings is 1. The summed E-state index contributed by atoms with van der Waals surface area (Å²) < 4.78 is 0. The van der Waals surface area contributed by atoms with Crippen molar-refractivity contribution in [3.63, 3.8) is 0 Å². The molecular formula is C26H20N8O4S2. The molecule has 0 saturated carbocycles. The largest absolute Gasteiger partial charge is 0.493 e. The van der Waals surface area contributed by atoms with Gasteiger partial charge in [0, 0.05) is 25.0 Å². The van der Waals surface area contributed by atoms with Gasteiger partial charge >= 0.3 is 4.87 Å². The molecule has 2 amide bonds. The molecule has 2 aromatic carbocycles. The summed E-state index contributed by atoms with van der Waals surface area (Å²) in [6, 6.07) is 11.0. The van der Waals surface area contributed by atoms with E-state index in [0.717, 1.165) is 50.6 Å². The van der Waals surface area contributed by atoms with Gasteiger partial charge in [-0.1, -0.05) is 23.5 Å². The first kappa shape index (κ1) is 26.6. The SMILES string of the molecule is CN(C)c1ncnc2ccc(C=C3SC(=O)NC3=O)cc12.N=C1N=CN=c2ccc(=Cc3sc(=O)[nH]c3O)cc21. The van der Waals surface area contributed by atoms with Gasteiger partial charge < -0.3 is 10.0 Å². The van der Waals surface area contributed by atoms with Crippen LogP contribution < -0.4 is 25.7 Å². The Morgan fingerprint density at radius 2 is 1.88 bits per heavy atom. The van der Waals surface area contributed by atoms with Gasteiger partial charge in [-0.25, -0.2) is 20.0 Å². The van der Waals surface area contributed by atoms with Crippen molar-refractivity contribution in [2.45, 2.75) is 0 Å². The summed E-state index contributed by atoms with van der Waals surface area (Å²) >= 11 is 1.83. The third-order valence-electron chi connectivity index (χ3n) is 5.62. The number of thioether (sulfide) groups is 1. The van der Waals surface area contributed by atoms with Crippen LogP contribution >= 0.6 is 23.1 Å². The van der Waals surface area contributed by atoms with Gasteiger partial charge in [0.05, 0.1) is 20.7 Å². The van der Waals surface area contributed by atoms with Crippen molar-refractivity contribution in [1.29, 1.82) is 5.41 Å². The van der Waals surface area contributed by atoms with E-state index in [1.165, 1.54) is 12.7 Å².